The Morgan fingerprint density at radius 3 is 2.43 bits per heavy atom. The molecule has 3 rings (SSSR count). The summed E-state index contributed by atoms with van der Waals surface area (Å²) in [6, 6.07) is 13.0. The second kappa shape index (κ2) is 8.87. The lowest BCUT2D eigenvalue weighted by atomic mass is 9.69. The second-order valence-electron chi connectivity index (χ2n) is 7.31. The van der Waals surface area contributed by atoms with Crippen molar-refractivity contribution in [1.82, 2.24) is 5.32 Å². The molecule has 0 atom stereocenters. The number of primary amides is 1. The lowest BCUT2D eigenvalue weighted by Crippen LogP contribution is -2.43. The van der Waals surface area contributed by atoms with E-state index in [-0.39, 0.29) is 23.7 Å². The molecule has 2 aromatic carbocycles. The lowest BCUT2D eigenvalue weighted by molar-refractivity contribution is -0.123. The summed E-state index contributed by atoms with van der Waals surface area (Å²) in [4.78, 5) is 23.4. The monoisotopic (exact) mass is 384 g/mol. The van der Waals surface area contributed by atoms with E-state index in [1.165, 1.54) is 6.07 Å². The van der Waals surface area contributed by atoms with Crippen LogP contribution in [0.5, 0.6) is 5.75 Å². The average Bonchev–Trinajstić information content (AvgIpc) is 2.72. The van der Waals surface area contributed by atoms with Crippen molar-refractivity contribution >= 4 is 11.8 Å². The van der Waals surface area contributed by atoms with Gasteiger partial charge in [0.25, 0.3) is 5.91 Å². The normalized spacial score (nSPS) is 15.6. The number of halogens is 1. The van der Waals surface area contributed by atoms with Crippen molar-refractivity contribution in [3.63, 3.8) is 0 Å². The SMILES string of the molecule is NC(=O)c1ccc(OCC(=O)NCC2(c3cccc(F)c3)CCCCC2)cc1. The largest absolute Gasteiger partial charge is 0.484 e. The highest BCUT2D eigenvalue weighted by molar-refractivity contribution is 5.92. The Morgan fingerprint density at radius 1 is 1.07 bits per heavy atom. The van der Waals surface area contributed by atoms with Gasteiger partial charge in [-0.05, 0) is 54.8 Å². The van der Waals surface area contributed by atoms with E-state index in [0.717, 1.165) is 37.7 Å². The maximum Gasteiger partial charge on any atom is 0.257 e. The number of nitrogens with one attached hydrogen (secondary N) is 1. The van der Waals surface area contributed by atoms with Crippen molar-refractivity contribution in [1.29, 1.82) is 0 Å². The Kier molecular flexibility index (Phi) is 6.29. The summed E-state index contributed by atoms with van der Waals surface area (Å²) in [5.74, 6) is -0.520. The van der Waals surface area contributed by atoms with Crippen LogP contribution in [0.2, 0.25) is 0 Å². The maximum absolute atomic E-state index is 13.7. The molecule has 28 heavy (non-hydrogen) atoms. The van der Waals surface area contributed by atoms with Gasteiger partial charge in [0, 0.05) is 17.5 Å². The summed E-state index contributed by atoms with van der Waals surface area (Å²) in [6.07, 6.45) is 5.14. The summed E-state index contributed by atoms with van der Waals surface area (Å²) < 4.78 is 19.2. The molecule has 0 bridgehead atoms. The molecule has 1 fully saturated rings. The first-order valence-electron chi connectivity index (χ1n) is 9.54. The number of rotatable bonds is 7. The Labute approximate surface area is 164 Å². The zero-order chi connectivity index (χ0) is 20.0. The van der Waals surface area contributed by atoms with Crippen molar-refractivity contribution in [2.24, 2.45) is 5.73 Å². The van der Waals surface area contributed by atoms with Gasteiger partial charge in [0.1, 0.15) is 11.6 Å². The van der Waals surface area contributed by atoms with Crippen LogP contribution in [-0.2, 0) is 10.2 Å². The van der Waals surface area contributed by atoms with Crippen molar-refractivity contribution in [2.75, 3.05) is 13.2 Å². The summed E-state index contributed by atoms with van der Waals surface area (Å²) >= 11 is 0. The molecule has 0 aromatic heterocycles. The molecule has 0 heterocycles. The number of hydrogen-bond donors (Lipinski definition) is 2. The maximum atomic E-state index is 13.7. The molecule has 0 saturated heterocycles. The molecule has 0 unspecified atom stereocenters. The van der Waals surface area contributed by atoms with Gasteiger partial charge in [-0.25, -0.2) is 4.39 Å². The van der Waals surface area contributed by atoms with Crippen LogP contribution in [0, 0.1) is 5.82 Å². The Morgan fingerprint density at radius 2 is 1.79 bits per heavy atom. The molecule has 1 aliphatic rings. The van der Waals surface area contributed by atoms with E-state index >= 15 is 0 Å². The van der Waals surface area contributed by atoms with Crippen LogP contribution < -0.4 is 15.8 Å². The molecule has 0 radical (unpaired) electrons. The fourth-order valence-corrected chi connectivity index (χ4v) is 3.80. The Balaban J connectivity index is 1.58. The highest BCUT2D eigenvalue weighted by Gasteiger charge is 2.34. The smallest absolute Gasteiger partial charge is 0.257 e. The van der Waals surface area contributed by atoms with Gasteiger partial charge in [0.15, 0.2) is 6.61 Å². The van der Waals surface area contributed by atoms with E-state index in [1.807, 2.05) is 6.07 Å². The number of carbonyl (C=O) groups is 2. The molecule has 148 valence electrons. The first-order valence-corrected chi connectivity index (χ1v) is 9.54. The third kappa shape index (κ3) is 4.88. The minimum Gasteiger partial charge on any atom is -0.484 e. The minimum atomic E-state index is -0.514. The highest BCUT2D eigenvalue weighted by Crippen LogP contribution is 2.39. The molecule has 3 N–H and O–H groups in total. The fraction of sp³-hybridized carbons (Fsp3) is 0.364. The van der Waals surface area contributed by atoms with Gasteiger partial charge in [-0.15, -0.1) is 0 Å². The molecular formula is C22H25FN2O3. The average molecular weight is 384 g/mol. The van der Waals surface area contributed by atoms with Gasteiger partial charge < -0.3 is 15.8 Å². The van der Waals surface area contributed by atoms with Crippen molar-refractivity contribution in [3.05, 3.63) is 65.5 Å². The highest BCUT2D eigenvalue weighted by atomic mass is 19.1. The number of benzene rings is 2. The first-order chi connectivity index (χ1) is 13.5. The number of carbonyl (C=O) groups excluding carboxylic acids is 2. The fourth-order valence-electron chi connectivity index (χ4n) is 3.80. The molecule has 0 spiro atoms. The Hall–Kier alpha value is -2.89. The quantitative estimate of drug-likeness (QED) is 0.768. The van der Waals surface area contributed by atoms with Crippen LogP contribution in [0.25, 0.3) is 0 Å². The molecule has 0 aliphatic heterocycles. The van der Waals surface area contributed by atoms with E-state index in [0.29, 0.717) is 17.9 Å². The van der Waals surface area contributed by atoms with Crippen LogP contribution in [0.15, 0.2) is 48.5 Å². The van der Waals surface area contributed by atoms with Crippen LogP contribution >= 0.6 is 0 Å². The summed E-state index contributed by atoms with van der Waals surface area (Å²) in [6.45, 7) is 0.328. The van der Waals surface area contributed by atoms with Gasteiger partial charge in [0.2, 0.25) is 5.91 Å². The standard InChI is InChI=1S/C22H25FN2O3/c23-18-6-4-5-17(13-18)22(11-2-1-3-12-22)15-25-20(26)14-28-19-9-7-16(8-10-19)21(24)27/h4-10,13H,1-3,11-12,14-15H2,(H2,24,27)(H,25,26). The third-order valence-electron chi connectivity index (χ3n) is 5.38. The lowest BCUT2D eigenvalue weighted by Gasteiger charge is -2.38. The van der Waals surface area contributed by atoms with Gasteiger partial charge in [-0.1, -0.05) is 31.4 Å². The van der Waals surface area contributed by atoms with Gasteiger partial charge in [0.05, 0.1) is 0 Å². The van der Waals surface area contributed by atoms with Gasteiger partial charge in [-0.3, -0.25) is 9.59 Å². The van der Waals surface area contributed by atoms with E-state index in [4.69, 9.17) is 10.5 Å². The zero-order valence-electron chi connectivity index (χ0n) is 15.7. The molecule has 2 aromatic rings. The molecular weight excluding hydrogens is 359 g/mol. The summed E-state index contributed by atoms with van der Waals surface area (Å²) in [5, 5.41) is 2.95. The van der Waals surface area contributed by atoms with Crippen LogP contribution in [0.3, 0.4) is 0 Å². The molecule has 2 amide bonds. The van der Waals surface area contributed by atoms with Crippen molar-refractivity contribution in [2.45, 2.75) is 37.5 Å². The van der Waals surface area contributed by atoms with E-state index in [9.17, 15) is 14.0 Å². The summed E-state index contributed by atoms with van der Waals surface area (Å²) in [7, 11) is 0. The molecule has 1 aliphatic carbocycles. The van der Waals surface area contributed by atoms with E-state index < -0.39 is 5.91 Å². The van der Waals surface area contributed by atoms with Crippen LogP contribution in [0.4, 0.5) is 4.39 Å². The predicted octanol–water partition coefficient (Wildman–Crippen LogP) is 3.32. The first kappa shape index (κ1) is 19.9. The topological polar surface area (TPSA) is 81.4 Å². The van der Waals surface area contributed by atoms with Crippen molar-refractivity contribution in [3.8, 4) is 5.75 Å². The number of ether oxygens (including phenoxy) is 1. The number of nitrogens with two attached hydrogens (primary N) is 1. The minimum absolute atomic E-state index is 0.130. The Bertz CT molecular complexity index is 830. The summed E-state index contributed by atoms with van der Waals surface area (Å²) in [5.41, 5.74) is 6.28. The predicted molar refractivity (Wildman–Crippen MR) is 105 cm³/mol. The van der Waals surface area contributed by atoms with Crippen molar-refractivity contribution < 1.29 is 18.7 Å². The van der Waals surface area contributed by atoms with Crippen LogP contribution in [0.1, 0.15) is 48.0 Å². The zero-order valence-corrected chi connectivity index (χ0v) is 15.7. The number of hydrogen-bond acceptors (Lipinski definition) is 3. The third-order valence-corrected chi connectivity index (χ3v) is 5.38. The van der Waals surface area contributed by atoms with Crippen LogP contribution in [-0.4, -0.2) is 25.0 Å². The molecule has 5 nitrogen and oxygen atoms in total. The van der Waals surface area contributed by atoms with E-state index in [1.54, 1.807) is 36.4 Å². The van der Waals surface area contributed by atoms with Gasteiger partial charge in [-0.2, -0.15) is 0 Å². The number of amides is 2. The molecule has 1 saturated carbocycles. The van der Waals surface area contributed by atoms with Gasteiger partial charge >= 0.3 is 0 Å². The van der Waals surface area contributed by atoms with E-state index in [2.05, 4.69) is 5.32 Å². The molecule has 6 heteroatoms. The second-order valence-corrected chi connectivity index (χ2v) is 7.31.